The summed E-state index contributed by atoms with van der Waals surface area (Å²) in [5.74, 6) is 0.0410. The van der Waals surface area contributed by atoms with Crippen LogP contribution in [0.3, 0.4) is 0 Å². The van der Waals surface area contributed by atoms with E-state index in [2.05, 4.69) is 9.97 Å². The molecule has 0 spiro atoms. The van der Waals surface area contributed by atoms with Gasteiger partial charge in [0.1, 0.15) is 6.10 Å². The number of aryl methyl sites for hydroxylation is 1. The number of fused-ring (bicyclic) bond motifs is 1. The monoisotopic (exact) mass is 331 g/mol. The van der Waals surface area contributed by atoms with Crippen LogP contribution in [0.5, 0.6) is 0 Å². The second kappa shape index (κ2) is 6.24. The molecule has 128 valence electrons. The number of anilines is 1. The van der Waals surface area contributed by atoms with Gasteiger partial charge in [0.15, 0.2) is 5.69 Å². The first-order valence-electron chi connectivity index (χ1n) is 7.91. The Hall–Kier alpha value is -1.41. The van der Waals surface area contributed by atoms with Crippen LogP contribution in [0, 0.1) is 0 Å². The molecule has 1 fully saturated rings. The van der Waals surface area contributed by atoms with E-state index >= 15 is 0 Å². The van der Waals surface area contributed by atoms with Crippen LogP contribution in [0.1, 0.15) is 36.7 Å². The van der Waals surface area contributed by atoms with Crippen LogP contribution in [0.15, 0.2) is 0 Å². The molecule has 1 aliphatic carbocycles. The highest BCUT2D eigenvalue weighted by Gasteiger charge is 2.40. The number of hydrogen-bond donors (Lipinski definition) is 1. The predicted molar refractivity (Wildman–Crippen MR) is 77.3 cm³/mol. The number of alkyl halides is 3. The number of rotatable bonds is 3. The van der Waals surface area contributed by atoms with Gasteiger partial charge in [-0.25, -0.2) is 9.97 Å². The van der Waals surface area contributed by atoms with Crippen LogP contribution in [0.4, 0.5) is 19.1 Å². The summed E-state index contributed by atoms with van der Waals surface area (Å²) in [6.07, 6.45) is -3.18. The van der Waals surface area contributed by atoms with Crippen LogP contribution < -0.4 is 4.90 Å². The number of aromatic nitrogens is 2. The lowest BCUT2D eigenvalue weighted by Gasteiger charge is -2.23. The Morgan fingerprint density at radius 3 is 2.65 bits per heavy atom. The van der Waals surface area contributed by atoms with E-state index in [4.69, 9.17) is 4.74 Å². The number of ether oxygens (including phenoxy) is 1. The Labute approximate surface area is 132 Å². The Morgan fingerprint density at radius 1 is 1.22 bits per heavy atom. The van der Waals surface area contributed by atoms with Gasteiger partial charge in [0.2, 0.25) is 5.95 Å². The summed E-state index contributed by atoms with van der Waals surface area (Å²) < 4.78 is 45.4. The molecule has 2 heterocycles. The third-order valence-corrected chi connectivity index (χ3v) is 4.34. The van der Waals surface area contributed by atoms with E-state index < -0.39 is 24.1 Å². The van der Waals surface area contributed by atoms with Crippen molar-refractivity contribution in [3.8, 4) is 0 Å². The first-order valence-corrected chi connectivity index (χ1v) is 7.91. The lowest BCUT2D eigenvalue weighted by Crippen LogP contribution is -2.28. The summed E-state index contributed by atoms with van der Waals surface area (Å²) in [6.45, 7) is 2.73. The van der Waals surface area contributed by atoms with Crippen molar-refractivity contribution in [1.29, 1.82) is 0 Å². The van der Waals surface area contributed by atoms with Crippen LogP contribution >= 0.6 is 0 Å². The van der Waals surface area contributed by atoms with Crippen molar-refractivity contribution in [3.05, 3.63) is 17.0 Å². The van der Waals surface area contributed by atoms with Gasteiger partial charge < -0.3 is 14.7 Å². The zero-order valence-electron chi connectivity index (χ0n) is 12.9. The predicted octanol–water partition coefficient (Wildman–Crippen LogP) is 1.96. The summed E-state index contributed by atoms with van der Waals surface area (Å²) in [5.41, 5.74) is -0.108. The molecule has 2 aliphatic rings. The molecule has 1 aromatic heterocycles. The number of aliphatic hydroxyl groups excluding tert-OH is 1. The molecule has 8 heteroatoms. The minimum atomic E-state index is -4.49. The summed E-state index contributed by atoms with van der Waals surface area (Å²) in [4.78, 5) is 9.72. The Morgan fingerprint density at radius 2 is 1.96 bits per heavy atom. The van der Waals surface area contributed by atoms with E-state index in [-0.39, 0.29) is 18.1 Å². The van der Waals surface area contributed by atoms with Gasteiger partial charge in [-0.2, -0.15) is 13.2 Å². The molecule has 23 heavy (non-hydrogen) atoms. The Bertz CT molecular complexity index is 580. The maximum Gasteiger partial charge on any atom is 0.433 e. The van der Waals surface area contributed by atoms with Crippen molar-refractivity contribution in [2.24, 2.45) is 0 Å². The smallest absolute Gasteiger partial charge is 0.388 e. The van der Waals surface area contributed by atoms with Crippen molar-refractivity contribution >= 4 is 5.95 Å². The molecule has 2 atom stereocenters. The SMILES string of the molecule is CCO[C@H]1CN(c2nc3c(c(C(F)(F)F)n2)CCCC3)C[C@@H]1O. The third-order valence-electron chi connectivity index (χ3n) is 4.34. The second-order valence-corrected chi connectivity index (χ2v) is 5.97. The third kappa shape index (κ3) is 3.28. The molecule has 1 aromatic rings. The van der Waals surface area contributed by atoms with Crippen molar-refractivity contribution in [2.45, 2.75) is 51.0 Å². The maximum absolute atomic E-state index is 13.3. The van der Waals surface area contributed by atoms with Crippen molar-refractivity contribution in [2.75, 3.05) is 24.6 Å². The van der Waals surface area contributed by atoms with E-state index in [1.54, 1.807) is 4.90 Å². The van der Waals surface area contributed by atoms with E-state index in [1.807, 2.05) is 6.92 Å². The molecule has 1 N–H and O–H groups in total. The highest BCUT2D eigenvalue weighted by molar-refractivity contribution is 5.41. The highest BCUT2D eigenvalue weighted by Crippen LogP contribution is 2.36. The number of halogens is 3. The molecule has 0 aromatic carbocycles. The van der Waals surface area contributed by atoms with Crippen LogP contribution in [-0.2, 0) is 23.8 Å². The number of hydrogen-bond acceptors (Lipinski definition) is 5. The quantitative estimate of drug-likeness (QED) is 0.918. The molecule has 1 saturated heterocycles. The zero-order chi connectivity index (χ0) is 16.6. The molecular weight excluding hydrogens is 311 g/mol. The van der Waals surface area contributed by atoms with Crippen LogP contribution in [-0.4, -0.2) is 47.0 Å². The maximum atomic E-state index is 13.3. The number of nitrogens with zero attached hydrogens (tertiary/aromatic N) is 3. The summed E-state index contributed by atoms with van der Waals surface area (Å²) >= 11 is 0. The number of β-amino-alcohol motifs (C(OH)–C–C–N with tert-alkyl or cyclic N) is 1. The minimum absolute atomic E-state index is 0.0410. The van der Waals surface area contributed by atoms with Crippen molar-refractivity contribution in [1.82, 2.24) is 9.97 Å². The second-order valence-electron chi connectivity index (χ2n) is 5.97. The molecule has 0 unspecified atom stereocenters. The van der Waals surface area contributed by atoms with E-state index in [0.717, 1.165) is 12.8 Å². The van der Waals surface area contributed by atoms with Gasteiger partial charge in [0.05, 0.1) is 6.10 Å². The van der Waals surface area contributed by atoms with E-state index in [9.17, 15) is 18.3 Å². The molecular formula is C15H20F3N3O2. The molecule has 0 bridgehead atoms. The van der Waals surface area contributed by atoms with Crippen LogP contribution in [0.2, 0.25) is 0 Å². The molecule has 1 aliphatic heterocycles. The van der Waals surface area contributed by atoms with Crippen LogP contribution in [0.25, 0.3) is 0 Å². The van der Waals surface area contributed by atoms with Crippen molar-refractivity contribution < 1.29 is 23.0 Å². The normalized spacial score (nSPS) is 24.8. The average molecular weight is 331 g/mol. The molecule has 3 rings (SSSR count). The van der Waals surface area contributed by atoms with Gasteiger partial charge in [-0.3, -0.25) is 0 Å². The fraction of sp³-hybridized carbons (Fsp3) is 0.733. The summed E-state index contributed by atoms with van der Waals surface area (Å²) in [6, 6.07) is 0. The fourth-order valence-corrected chi connectivity index (χ4v) is 3.25. The number of aliphatic hydroxyl groups is 1. The standard InChI is InChI=1S/C15H20F3N3O2/c1-2-23-12-8-21(7-11(12)22)14-19-10-6-4-3-5-9(10)13(20-14)15(16,17)18/h11-12,22H,2-8H2,1H3/t11-,12-/m0/s1. The average Bonchev–Trinajstić information content (AvgIpc) is 2.87. The Balaban J connectivity index is 1.94. The van der Waals surface area contributed by atoms with Crippen molar-refractivity contribution in [3.63, 3.8) is 0 Å². The lowest BCUT2D eigenvalue weighted by atomic mass is 9.94. The summed E-state index contributed by atoms with van der Waals surface area (Å²) in [5, 5.41) is 9.97. The van der Waals surface area contributed by atoms with Gasteiger partial charge in [0, 0.05) is 31.0 Å². The largest absolute Gasteiger partial charge is 0.433 e. The van der Waals surface area contributed by atoms with Gasteiger partial charge in [0.25, 0.3) is 0 Å². The van der Waals surface area contributed by atoms with E-state index in [0.29, 0.717) is 31.7 Å². The van der Waals surface area contributed by atoms with E-state index in [1.165, 1.54) is 0 Å². The highest BCUT2D eigenvalue weighted by atomic mass is 19.4. The first-order chi connectivity index (χ1) is 10.9. The molecule has 0 radical (unpaired) electrons. The van der Waals surface area contributed by atoms with Gasteiger partial charge >= 0.3 is 6.18 Å². The fourth-order valence-electron chi connectivity index (χ4n) is 3.25. The zero-order valence-corrected chi connectivity index (χ0v) is 12.9. The molecule has 5 nitrogen and oxygen atoms in total. The minimum Gasteiger partial charge on any atom is -0.388 e. The molecule has 0 amide bonds. The topological polar surface area (TPSA) is 58.5 Å². The lowest BCUT2D eigenvalue weighted by molar-refractivity contribution is -0.142. The Kier molecular flexibility index (Phi) is 4.46. The first kappa shape index (κ1) is 16.4. The van der Waals surface area contributed by atoms with Gasteiger partial charge in [-0.05, 0) is 32.6 Å². The van der Waals surface area contributed by atoms with Gasteiger partial charge in [-0.15, -0.1) is 0 Å². The molecule has 0 saturated carbocycles. The summed E-state index contributed by atoms with van der Waals surface area (Å²) in [7, 11) is 0. The van der Waals surface area contributed by atoms with Gasteiger partial charge in [-0.1, -0.05) is 0 Å².